The van der Waals surface area contributed by atoms with Crippen LogP contribution in [-0.4, -0.2) is 38.9 Å². The van der Waals surface area contributed by atoms with Crippen molar-refractivity contribution in [2.24, 2.45) is 0 Å². The number of anilines is 1. The zero-order valence-corrected chi connectivity index (χ0v) is 22.3. The van der Waals surface area contributed by atoms with E-state index in [2.05, 4.69) is 21.6 Å². The fourth-order valence-electron chi connectivity index (χ4n) is 4.26. The number of fused-ring (bicyclic) bond motifs is 1. The van der Waals surface area contributed by atoms with E-state index in [1.807, 2.05) is 58.9 Å². The molecule has 3 aromatic carbocycles. The second kappa shape index (κ2) is 11.0. The number of nitrogens with one attached hydrogen (secondary N) is 1. The third-order valence-corrected chi connectivity index (χ3v) is 7.53. The molecular formula is C27H23Cl2N5O2S. The highest BCUT2D eigenvalue weighted by Gasteiger charge is 2.25. The lowest BCUT2D eigenvalue weighted by atomic mass is 10.2. The van der Waals surface area contributed by atoms with Crippen LogP contribution in [0.3, 0.4) is 0 Å². The van der Waals surface area contributed by atoms with Crippen molar-refractivity contribution in [3.63, 3.8) is 0 Å². The van der Waals surface area contributed by atoms with Gasteiger partial charge in [0.15, 0.2) is 11.0 Å². The van der Waals surface area contributed by atoms with Crippen molar-refractivity contribution >= 4 is 52.5 Å². The topological polar surface area (TPSA) is 80.1 Å². The van der Waals surface area contributed by atoms with Crippen molar-refractivity contribution in [3.05, 3.63) is 99.3 Å². The molecule has 0 atom stereocenters. The lowest BCUT2D eigenvalue weighted by Crippen LogP contribution is -2.30. The van der Waals surface area contributed by atoms with Crippen molar-refractivity contribution in [1.29, 1.82) is 0 Å². The zero-order chi connectivity index (χ0) is 25.9. The number of hydrogen-bond acceptors (Lipinski definition) is 5. The van der Waals surface area contributed by atoms with Crippen molar-refractivity contribution in [2.45, 2.75) is 25.0 Å². The SMILES string of the molecule is Cc1cccc(-n2c(CNC(=O)c3cc(Cl)ccc3Cl)nnc2SCC(=O)N2CCc3ccccc32)c1. The first kappa shape index (κ1) is 25.3. The van der Waals surface area contributed by atoms with Crippen LogP contribution >= 0.6 is 35.0 Å². The van der Waals surface area contributed by atoms with E-state index in [0.29, 0.717) is 27.6 Å². The lowest BCUT2D eigenvalue weighted by molar-refractivity contribution is -0.116. The third-order valence-electron chi connectivity index (χ3n) is 6.05. The number of benzene rings is 3. The summed E-state index contributed by atoms with van der Waals surface area (Å²) in [5.41, 5.74) is 4.34. The Morgan fingerprint density at radius 2 is 1.86 bits per heavy atom. The van der Waals surface area contributed by atoms with Crippen LogP contribution in [-0.2, 0) is 17.8 Å². The van der Waals surface area contributed by atoms with Gasteiger partial charge >= 0.3 is 0 Å². The predicted molar refractivity (Wildman–Crippen MR) is 147 cm³/mol. The van der Waals surface area contributed by atoms with Gasteiger partial charge in [0.2, 0.25) is 5.91 Å². The van der Waals surface area contributed by atoms with Gasteiger partial charge in [-0.1, -0.05) is 65.3 Å². The molecule has 1 aliphatic heterocycles. The first-order valence-corrected chi connectivity index (χ1v) is 13.4. The number of hydrogen-bond donors (Lipinski definition) is 1. The molecule has 0 aliphatic carbocycles. The zero-order valence-electron chi connectivity index (χ0n) is 19.9. The highest BCUT2D eigenvalue weighted by molar-refractivity contribution is 7.99. The van der Waals surface area contributed by atoms with E-state index in [1.165, 1.54) is 23.4 Å². The summed E-state index contributed by atoms with van der Waals surface area (Å²) in [4.78, 5) is 27.7. The normalized spacial score (nSPS) is 12.5. The molecule has 2 amide bonds. The Kier molecular flexibility index (Phi) is 7.50. The van der Waals surface area contributed by atoms with Gasteiger partial charge in [-0.25, -0.2) is 0 Å². The summed E-state index contributed by atoms with van der Waals surface area (Å²) in [6.45, 7) is 2.78. The molecule has 2 heterocycles. The third kappa shape index (κ3) is 5.51. The number of thioether (sulfide) groups is 1. The van der Waals surface area contributed by atoms with Crippen LogP contribution in [0.15, 0.2) is 71.9 Å². The summed E-state index contributed by atoms with van der Waals surface area (Å²) >= 11 is 13.5. The maximum atomic E-state index is 13.1. The van der Waals surface area contributed by atoms with Crippen molar-refractivity contribution in [3.8, 4) is 5.69 Å². The average Bonchev–Trinajstić information content (AvgIpc) is 3.51. The maximum absolute atomic E-state index is 13.1. The van der Waals surface area contributed by atoms with Gasteiger partial charge in [0.25, 0.3) is 5.91 Å². The predicted octanol–water partition coefficient (Wildman–Crippen LogP) is 5.49. The molecule has 0 radical (unpaired) electrons. The molecule has 1 N–H and O–H groups in total. The van der Waals surface area contributed by atoms with Gasteiger partial charge in [-0.05, 0) is 60.9 Å². The van der Waals surface area contributed by atoms with Crippen molar-refractivity contribution < 1.29 is 9.59 Å². The Hall–Kier alpha value is -3.33. The van der Waals surface area contributed by atoms with Crippen molar-refractivity contribution in [2.75, 3.05) is 17.2 Å². The number of halogens is 2. The molecule has 0 spiro atoms. The second-order valence-corrected chi connectivity index (χ2v) is 10.4. The van der Waals surface area contributed by atoms with Crippen LogP contribution < -0.4 is 10.2 Å². The van der Waals surface area contributed by atoms with Gasteiger partial charge in [-0.2, -0.15) is 0 Å². The number of rotatable bonds is 7. The molecule has 0 saturated carbocycles. The second-order valence-electron chi connectivity index (χ2n) is 8.59. The van der Waals surface area contributed by atoms with Gasteiger partial charge in [0.05, 0.1) is 22.9 Å². The van der Waals surface area contributed by atoms with E-state index in [-0.39, 0.29) is 29.7 Å². The Labute approximate surface area is 228 Å². The molecule has 7 nitrogen and oxygen atoms in total. The Bertz CT molecular complexity index is 1490. The summed E-state index contributed by atoms with van der Waals surface area (Å²) in [7, 11) is 0. The lowest BCUT2D eigenvalue weighted by Gasteiger charge is -2.17. The first-order chi connectivity index (χ1) is 17.9. The maximum Gasteiger partial charge on any atom is 0.253 e. The van der Waals surface area contributed by atoms with E-state index in [4.69, 9.17) is 23.2 Å². The number of nitrogens with zero attached hydrogens (tertiary/aromatic N) is 4. The summed E-state index contributed by atoms with van der Waals surface area (Å²) in [6.07, 6.45) is 0.854. The van der Waals surface area contributed by atoms with Crippen LogP contribution in [0.1, 0.15) is 27.3 Å². The minimum absolute atomic E-state index is 0.0131. The van der Waals surface area contributed by atoms with E-state index in [0.717, 1.165) is 23.4 Å². The number of carbonyl (C=O) groups excluding carboxylic acids is 2. The standard InChI is InChI=1S/C27H23Cl2N5O2S/c1-17-5-4-7-20(13-17)34-24(15-30-26(36)21-14-19(28)9-10-22(21)29)31-32-27(34)37-16-25(35)33-12-11-18-6-2-3-8-23(18)33/h2-10,13-14H,11-12,15-16H2,1H3,(H,30,36). The molecule has 0 fully saturated rings. The number of amides is 2. The smallest absolute Gasteiger partial charge is 0.253 e. The molecule has 1 aliphatic rings. The molecule has 5 rings (SSSR count). The van der Waals surface area contributed by atoms with E-state index < -0.39 is 0 Å². The van der Waals surface area contributed by atoms with Gasteiger partial charge in [-0.15, -0.1) is 10.2 Å². The van der Waals surface area contributed by atoms with Crippen LogP contribution in [0, 0.1) is 6.92 Å². The monoisotopic (exact) mass is 551 g/mol. The fraction of sp³-hybridized carbons (Fsp3) is 0.185. The fourth-order valence-corrected chi connectivity index (χ4v) is 5.48. The largest absolute Gasteiger partial charge is 0.345 e. The Morgan fingerprint density at radius 3 is 2.70 bits per heavy atom. The summed E-state index contributed by atoms with van der Waals surface area (Å²) in [5.74, 6) is 0.379. The summed E-state index contributed by atoms with van der Waals surface area (Å²) < 4.78 is 1.86. The Balaban J connectivity index is 1.36. The minimum Gasteiger partial charge on any atom is -0.345 e. The number of carbonyl (C=O) groups is 2. The van der Waals surface area contributed by atoms with Crippen LogP contribution in [0.5, 0.6) is 0 Å². The molecule has 10 heteroatoms. The van der Waals surface area contributed by atoms with Gasteiger partial charge in [0.1, 0.15) is 0 Å². The van der Waals surface area contributed by atoms with E-state index in [1.54, 1.807) is 12.1 Å². The molecule has 4 aromatic rings. The van der Waals surface area contributed by atoms with E-state index >= 15 is 0 Å². The minimum atomic E-state index is -0.372. The van der Waals surface area contributed by atoms with Crippen molar-refractivity contribution in [1.82, 2.24) is 20.1 Å². The van der Waals surface area contributed by atoms with E-state index in [9.17, 15) is 9.59 Å². The molecule has 0 unspecified atom stereocenters. The van der Waals surface area contributed by atoms with Crippen LogP contribution in [0.4, 0.5) is 5.69 Å². The highest BCUT2D eigenvalue weighted by atomic mass is 35.5. The first-order valence-electron chi connectivity index (χ1n) is 11.7. The number of aryl methyl sites for hydroxylation is 1. The summed E-state index contributed by atoms with van der Waals surface area (Å²) in [5, 5.41) is 12.8. The highest BCUT2D eigenvalue weighted by Crippen LogP contribution is 2.29. The number of para-hydroxylation sites is 1. The molecule has 1 aromatic heterocycles. The molecule has 37 heavy (non-hydrogen) atoms. The van der Waals surface area contributed by atoms with Gasteiger partial charge in [0, 0.05) is 22.9 Å². The molecular weight excluding hydrogens is 529 g/mol. The van der Waals surface area contributed by atoms with Crippen LogP contribution in [0.2, 0.25) is 10.0 Å². The number of aromatic nitrogens is 3. The summed E-state index contributed by atoms with van der Waals surface area (Å²) in [6, 6.07) is 20.6. The Morgan fingerprint density at radius 1 is 1.03 bits per heavy atom. The molecule has 0 bridgehead atoms. The van der Waals surface area contributed by atoms with Crippen LogP contribution in [0.25, 0.3) is 5.69 Å². The van der Waals surface area contributed by atoms with Gasteiger partial charge in [-0.3, -0.25) is 14.2 Å². The van der Waals surface area contributed by atoms with Gasteiger partial charge < -0.3 is 10.2 Å². The average molecular weight is 552 g/mol. The molecule has 188 valence electrons. The molecule has 0 saturated heterocycles. The quantitative estimate of drug-likeness (QED) is 0.307.